The Morgan fingerprint density at radius 3 is 2.35 bits per heavy atom. The van der Waals surface area contributed by atoms with Crippen LogP contribution in [-0.4, -0.2) is 51.0 Å². The van der Waals surface area contributed by atoms with Gasteiger partial charge in [-0.3, -0.25) is 19.1 Å². The Balaban J connectivity index is 1.49. The molecule has 2 N–H and O–H groups in total. The summed E-state index contributed by atoms with van der Waals surface area (Å²) in [6.45, 7) is 6.18. The molecular weight excluding hydrogens is 430 g/mol. The zero-order valence-electron chi connectivity index (χ0n) is 20.6. The molecule has 182 valence electrons. The number of aromatic nitrogens is 2. The minimum absolute atomic E-state index is 0.137. The highest BCUT2D eigenvalue weighted by atomic mass is 16.2. The van der Waals surface area contributed by atoms with Crippen molar-refractivity contribution in [1.82, 2.24) is 20.0 Å². The first kappa shape index (κ1) is 24.0. The van der Waals surface area contributed by atoms with Gasteiger partial charge in [-0.2, -0.15) is 5.10 Å². The van der Waals surface area contributed by atoms with E-state index in [9.17, 15) is 14.4 Å². The zero-order valence-corrected chi connectivity index (χ0v) is 20.6. The van der Waals surface area contributed by atoms with Crippen molar-refractivity contribution in [3.63, 3.8) is 0 Å². The summed E-state index contributed by atoms with van der Waals surface area (Å²) in [5.41, 5.74) is 1.23. The summed E-state index contributed by atoms with van der Waals surface area (Å²) in [7, 11) is 1.64. The predicted molar refractivity (Wildman–Crippen MR) is 131 cm³/mol. The maximum Gasteiger partial charge on any atom is 0.276 e. The Morgan fingerprint density at radius 2 is 1.74 bits per heavy atom. The number of nitrogens with one attached hydrogen (secondary N) is 2. The first-order valence-corrected chi connectivity index (χ1v) is 12.3. The normalized spacial score (nSPS) is 21.2. The fourth-order valence-electron chi connectivity index (χ4n) is 4.75. The van der Waals surface area contributed by atoms with Gasteiger partial charge in [-0.15, -0.1) is 0 Å². The Labute approximate surface area is 201 Å². The molecule has 8 nitrogen and oxygen atoms in total. The quantitative estimate of drug-likeness (QED) is 0.654. The minimum Gasteiger partial charge on any atom is -0.351 e. The lowest BCUT2D eigenvalue weighted by Gasteiger charge is -2.41. The van der Waals surface area contributed by atoms with Gasteiger partial charge < -0.3 is 15.5 Å². The number of carbonyl (C=O) groups is 3. The fraction of sp³-hybridized carbons (Fsp3) is 0.538. The van der Waals surface area contributed by atoms with Crippen LogP contribution in [0, 0.1) is 0 Å². The molecule has 2 aromatic rings. The second-order valence-electron chi connectivity index (χ2n) is 10.1. The molecule has 0 unspecified atom stereocenters. The topological polar surface area (TPSA) is 96.3 Å². The molecule has 2 aliphatic rings. The van der Waals surface area contributed by atoms with E-state index < -0.39 is 5.54 Å². The van der Waals surface area contributed by atoms with Gasteiger partial charge in [0.05, 0.1) is 6.54 Å². The summed E-state index contributed by atoms with van der Waals surface area (Å²) >= 11 is 0. The van der Waals surface area contributed by atoms with Crippen molar-refractivity contribution in [3.8, 4) is 0 Å². The average molecular weight is 466 g/mol. The third-order valence-corrected chi connectivity index (χ3v) is 7.25. The highest BCUT2D eigenvalue weighted by Crippen LogP contribution is 2.27. The van der Waals surface area contributed by atoms with E-state index >= 15 is 0 Å². The first-order valence-electron chi connectivity index (χ1n) is 12.3. The van der Waals surface area contributed by atoms with Crippen LogP contribution in [-0.2, 0) is 11.3 Å². The molecule has 0 saturated heterocycles. The Hall–Kier alpha value is -3.16. The van der Waals surface area contributed by atoms with Crippen LogP contribution in [0.1, 0.15) is 91.8 Å². The summed E-state index contributed by atoms with van der Waals surface area (Å²) in [6, 6.07) is 9.32. The van der Waals surface area contributed by atoms with Crippen LogP contribution in [0.2, 0.25) is 0 Å². The van der Waals surface area contributed by atoms with Gasteiger partial charge in [-0.25, -0.2) is 0 Å². The van der Waals surface area contributed by atoms with Crippen LogP contribution >= 0.6 is 0 Å². The van der Waals surface area contributed by atoms with E-state index in [-0.39, 0.29) is 36.0 Å². The summed E-state index contributed by atoms with van der Waals surface area (Å²) in [6.07, 6.45) is 6.55. The number of anilines is 1. The van der Waals surface area contributed by atoms with Crippen LogP contribution in [0.3, 0.4) is 0 Å². The molecule has 34 heavy (non-hydrogen) atoms. The number of carbonyl (C=O) groups excluding carboxylic acids is 3. The largest absolute Gasteiger partial charge is 0.351 e. The second-order valence-corrected chi connectivity index (χ2v) is 10.1. The molecule has 8 heteroatoms. The van der Waals surface area contributed by atoms with Crippen molar-refractivity contribution in [2.45, 2.75) is 83.3 Å². The summed E-state index contributed by atoms with van der Waals surface area (Å²) in [5.74, 6) is -0.480. The summed E-state index contributed by atoms with van der Waals surface area (Å²) in [5, 5.41) is 10.4. The molecule has 2 heterocycles. The summed E-state index contributed by atoms with van der Waals surface area (Å²) < 4.78 is 1.49. The first-order chi connectivity index (χ1) is 16.2. The van der Waals surface area contributed by atoms with Gasteiger partial charge in [0.15, 0.2) is 5.69 Å². The van der Waals surface area contributed by atoms with E-state index in [4.69, 9.17) is 0 Å². The molecule has 4 rings (SSSR count). The fourth-order valence-corrected chi connectivity index (χ4v) is 4.75. The number of fused-ring (bicyclic) bond motifs is 1. The molecule has 3 amide bonds. The molecule has 1 aliphatic carbocycles. The van der Waals surface area contributed by atoms with Crippen molar-refractivity contribution < 1.29 is 14.4 Å². The van der Waals surface area contributed by atoms with E-state index in [0.717, 1.165) is 25.7 Å². The minimum atomic E-state index is -1.08. The third-order valence-electron chi connectivity index (χ3n) is 7.25. The lowest BCUT2D eigenvalue weighted by atomic mass is 9.95. The number of rotatable bonds is 5. The number of benzene rings is 1. The van der Waals surface area contributed by atoms with Crippen LogP contribution in [0.5, 0.6) is 0 Å². The van der Waals surface area contributed by atoms with E-state index in [1.54, 1.807) is 14.0 Å². The SMILES string of the molecule is CC(C)c1ccc(NC(=O)c2cc3n(n2)C[C@](C)(C(=O)NC2CCCCCC2)N(C)C3=O)cc1. The van der Waals surface area contributed by atoms with Gasteiger partial charge in [-0.05, 0) is 43.4 Å². The van der Waals surface area contributed by atoms with Crippen molar-refractivity contribution in [2.24, 2.45) is 0 Å². The third kappa shape index (κ3) is 4.72. The lowest BCUT2D eigenvalue weighted by Crippen LogP contribution is -2.63. The van der Waals surface area contributed by atoms with E-state index in [2.05, 4.69) is 29.6 Å². The van der Waals surface area contributed by atoms with E-state index in [1.165, 1.54) is 34.1 Å². The summed E-state index contributed by atoms with van der Waals surface area (Å²) in [4.78, 5) is 40.7. The van der Waals surface area contributed by atoms with Gasteiger partial charge in [0.25, 0.3) is 11.8 Å². The highest BCUT2D eigenvalue weighted by molar-refractivity contribution is 6.05. The molecule has 1 aliphatic heterocycles. The number of likely N-dealkylation sites (N-methyl/N-ethyl adjacent to an activating group) is 1. The van der Waals surface area contributed by atoms with E-state index in [0.29, 0.717) is 17.3 Å². The number of amides is 3. The van der Waals surface area contributed by atoms with Gasteiger partial charge in [0, 0.05) is 24.8 Å². The van der Waals surface area contributed by atoms with Crippen LogP contribution in [0.15, 0.2) is 30.3 Å². The van der Waals surface area contributed by atoms with Gasteiger partial charge in [-0.1, -0.05) is 51.7 Å². The van der Waals surface area contributed by atoms with Crippen molar-refractivity contribution >= 4 is 23.4 Å². The van der Waals surface area contributed by atoms with Gasteiger partial charge >= 0.3 is 0 Å². The Kier molecular flexibility index (Phi) is 6.77. The predicted octanol–water partition coefficient (Wildman–Crippen LogP) is 3.94. The molecule has 1 fully saturated rings. The van der Waals surface area contributed by atoms with E-state index in [1.807, 2.05) is 24.3 Å². The maximum absolute atomic E-state index is 13.3. The molecular formula is C26H35N5O3. The standard InChI is InChI=1S/C26H35N5O3/c1-17(2)18-11-13-20(14-12-18)27-23(32)21-15-22-24(33)30(4)26(3,16-31(22)29-21)25(34)28-19-9-7-5-6-8-10-19/h11-15,17,19H,5-10,16H2,1-4H3,(H,27,32)(H,28,34)/t26-/m1/s1. The van der Waals surface area contributed by atoms with Gasteiger partial charge in [0.2, 0.25) is 5.91 Å². The monoisotopic (exact) mass is 465 g/mol. The maximum atomic E-state index is 13.3. The molecule has 1 saturated carbocycles. The van der Waals surface area contributed by atoms with Crippen LogP contribution in [0.4, 0.5) is 5.69 Å². The highest BCUT2D eigenvalue weighted by Gasteiger charge is 2.46. The van der Waals surface area contributed by atoms with Crippen molar-refractivity contribution in [1.29, 1.82) is 0 Å². The molecule has 1 aromatic heterocycles. The zero-order chi connectivity index (χ0) is 24.5. The van der Waals surface area contributed by atoms with Crippen LogP contribution in [0.25, 0.3) is 0 Å². The molecule has 1 aromatic carbocycles. The number of nitrogens with zero attached hydrogens (tertiary/aromatic N) is 3. The molecule has 0 radical (unpaired) electrons. The smallest absolute Gasteiger partial charge is 0.276 e. The molecule has 0 bridgehead atoms. The van der Waals surface area contributed by atoms with Crippen molar-refractivity contribution in [3.05, 3.63) is 47.3 Å². The Bertz CT molecular complexity index is 1070. The number of hydrogen-bond donors (Lipinski definition) is 2. The lowest BCUT2D eigenvalue weighted by molar-refractivity contribution is -0.133. The molecule has 0 spiro atoms. The number of hydrogen-bond acceptors (Lipinski definition) is 4. The second kappa shape index (κ2) is 9.60. The average Bonchev–Trinajstić information content (AvgIpc) is 3.06. The van der Waals surface area contributed by atoms with Gasteiger partial charge in [0.1, 0.15) is 11.2 Å². The Morgan fingerprint density at radius 1 is 1.09 bits per heavy atom. The van der Waals surface area contributed by atoms with Crippen LogP contribution < -0.4 is 10.6 Å². The molecule has 1 atom stereocenters. The van der Waals surface area contributed by atoms with Crippen molar-refractivity contribution in [2.75, 3.05) is 12.4 Å².